The number of halogens is 3. The Morgan fingerprint density at radius 3 is 2.45 bits per heavy atom. The van der Waals surface area contributed by atoms with Crippen molar-refractivity contribution in [2.75, 3.05) is 39.5 Å². The zero-order chi connectivity index (χ0) is 23.2. The molecule has 5 aliphatic rings. The molecule has 1 aromatic carbocycles. The lowest BCUT2D eigenvalue weighted by Gasteiger charge is -2.59. The van der Waals surface area contributed by atoms with E-state index in [0.29, 0.717) is 30.4 Å². The lowest BCUT2D eigenvalue weighted by Crippen LogP contribution is -2.60. The monoisotopic (exact) mass is 791 g/mol. The smallest absolute Gasteiger partial charge is 0.339 e. The van der Waals surface area contributed by atoms with Crippen molar-refractivity contribution in [3.63, 3.8) is 0 Å². The van der Waals surface area contributed by atoms with Crippen LogP contribution < -0.4 is 0 Å². The maximum absolute atomic E-state index is 13.4. The first-order valence-electron chi connectivity index (χ1n) is 11.6. The number of hydrogen-bond acceptors (Lipinski definition) is 6. The molecule has 1 aliphatic heterocycles. The topological polar surface area (TPSA) is 65.1 Å². The highest BCUT2D eigenvalue weighted by Crippen LogP contribution is 2.63. The van der Waals surface area contributed by atoms with Gasteiger partial charge in [0.2, 0.25) is 0 Å². The molecular formula is C24H28I3NO5. The molecule has 180 valence electrons. The number of carbonyl (C=O) groups excluding carboxylic acids is 2. The fraction of sp³-hybridized carbons (Fsp3) is 0.667. The van der Waals surface area contributed by atoms with Gasteiger partial charge in [-0.25, -0.2) is 4.79 Å². The third-order valence-electron chi connectivity index (χ3n) is 7.71. The van der Waals surface area contributed by atoms with E-state index in [0.717, 1.165) is 75.7 Å². The van der Waals surface area contributed by atoms with Crippen molar-refractivity contribution in [3.05, 3.63) is 28.4 Å². The minimum atomic E-state index is -0.541. The summed E-state index contributed by atoms with van der Waals surface area (Å²) >= 11 is 6.73. The summed E-state index contributed by atoms with van der Waals surface area (Å²) in [6.45, 7) is 4.44. The third kappa shape index (κ3) is 5.22. The zero-order valence-electron chi connectivity index (χ0n) is 18.4. The first kappa shape index (κ1) is 24.9. The third-order valence-corrected chi connectivity index (χ3v) is 11.4. The molecule has 6 rings (SSSR count). The number of rotatable bonds is 6. The SMILES string of the molecule is O=C(OC12CC3CC(C1)CC(C(=O)OCCN1CCOCC1)(C3)C2)c1cc(I)cc(I)c1I. The Morgan fingerprint density at radius 2 is 1.76 bits per heavy atom. The van der Waals surface area contributed by atoms with Crippen LogP contribution >= 0.6 is 67.8 Å². The summed E-state index contributed by atoms with van der Waals surface area (Å²) in [4.78, 5) is 29.0. The Hall–Kier alpha value is 0.270. The molecule has 4 aliphatic carbocycles. The van der Waals surface area contributed by atoms with Gasteiger partial charge in [0.15, 0.2) is 0 Å². The molecule has 0 radical (unpaired) electrons. The van der Waals surface area contributed by atoms with E-state index in [1.54, 1.807) is 0 Å². The van der Waals surface area contributed by atoms with Crippen LogP contribution in [-0.4, -0.2) is 61.9 Å². The normalized spacial score (nSPS) is 33.2. The van der Waals surface area contributed by atoms with Gasteiger partial charge in [-0.15, -0.1) is 0 Å². The predicted octanol–water partition coefficient (Wildman–Crippen LogP) is 4.87. The number of nitrogens with zero attached hydrogens (tertiary/aromatic N) is 1. The molecular weight excluding hydrogens is 763 g/mol. The number of hydrogen-bond donors (Lipinski definition) is 0. The van der Waals surface area contributed by atoms with E-state index >= 15 is 0 Å². The van der Waals surface area contributed by atoms with Crippen molar-refractivity contribution in [2.45, 2.75) is 44.1 Å². The van der Waals surface area contributed by atoms with Gasteiger partial charge >= 0.3 is 11.9 Å². The van der Waals surface area contributed by atoms with Gasteiger partial charge < -0.3 is 14.2 Å². The van der Waals surface area contributed by atoms with Crippen molar-refractivity contribution in [1.82, 2.24) is 4.90 Å². The maximum atomic E-state index is 13.4. The van der Waals surface area contributed by atoms with E-state index in [2.05, 4.69) is 78.7 Å². The number of ether oxygens (including phenoxy) is 3. The first-order valence-corrected chi connectivity index (χ1v) is 14.9. The Morgan fingerprint density at radius 1 is 1.06 bits per heavy atom. The standard InChI is InChI=1S/C24H28I3NO5/c25-17-8-18(20(27)19(26)9-17)21(29)33-24-12-15-7-16(13-24)11-23(10-15,14-24)22(30)32-6-3-28-1-4-31-5-2-28/h8-9,15-16H,1-7,10-14H2. The van der Waals surface area contributed by atoms with Crippen molar-refractivity contribution < 1.29 is 23.8 Å². The number of carbonyl (C=O) groups is 2. The lowest BCUT2D eigenvalue weighted by molar-refractivity contribution is -0.197. The quantitative estimate of drug-likeness (QED) is 0.233. The van der Waals surface area contributed by atoms with E-state index in [-0.39, 0.29) is 11.9 Å². The van der Waals surface area contributed by atoms with Crippen molar-refractivity contribution in [1.29, 1.82) is 0 Å². The molecule has 33 heavy (non-hydrogen) atoms. The van der Waals surface area contributed by atoms with Gasteiger partial charge in [0.25, 0.3) is 0 Å². The van der Waals surface area contributed by atoms with Gasteiger partial charge in [0.05, 0.1) is 24.2 Å². The minimum Gasteiger partial charge on any atom is -0.464 e. The largest absolute Gasteiger partial charge is 0.464 e. The Bertz CT molecular complexity index is 934. The van der Waals surface area contributed by atoms with Gasteiger partial charge in [-0.2, -0.15) is 0 Å². The molecule has 4 bridgehead atoms. The van der Waals surface area contributed by atoms with Crippen molar-refractivity contribution in [2.24, 2.45) is 17.3 Å². The predicted molar refractivity (Wildman–Crippen MR) is 148 cm³/mol. The van der Waals surface area contributed by atoms with Gasteiger partial charge in [0, 0.05) is 36.8 Å². The van der Waals surface area contributed by atoms with Crippen LogP contribution in [0.3, 0.4) is 0 Å². The summed E-state index contributed by atoms with van der Waals surface area (Å²) in [6.07, 6.45) is 5.23. The fourth-order valence-corrected chi connectivity index (χ4v) is 9.11. The van der Waals surface area contributed by atoms with E-state index in [4.69, 9.17) is 14.2 Å². The van der Waals surface area contributed by atoms with Crippen molar-refractivity contribution >= 4 is 79.7 Å². The van der Waals surface area contributed by atoms with Gasteiger partial charge in [-0.3, -0.25) is 9.69 Å². The Balaban J connectivity index is 1.29. The average Bonchev–Trinajstić information content (AvgIpc) is 2.75. The molecule has 0 N–H and O–H groups in total. The van der Waals surface area contributed by atoms with Crippen LogP contribution in [0, 0.1) is 28.0 Å². The molecule has 1 aromatic rings. The van der Waals surface area contributed by atoms with Crippen LogP contribution in [0.15, 0.2) is 12.1 Å². The number of benzene rings is 1. The zero-order valence-corrected chi connectivity index (χ0v) is 24.9. The molecule has 0 amide bonds. The summed E-state index contributed by atoms with van der Waals surface area (Å²) in [7, 11) is 0. The van der Waals surface area contributed by atoms with E-state index in [1.807, 2.05) is 6.07 Å². The lowest BCUT2D eigenvalue weighted by atomic mass is 9.48. The molecule has 5 fully saturated rings. The number of esters is 2. The second-order valence-electron chi connectivity index (χ2n) is 10.2. The van der Waals surface area contributed by atoms with Crippen LogP contribution in [0.5, 0.6) is 0 Å². The summed E-state index contributed by atoms with van der Waals surface area (Å²) in [6, 6.07) is 3.97. The molecule has 1 saturated heterocycles. The minimum absolute atomic E-state index is 0.0799. The van der Waals surface area contributed by atoms with E-state index in [9.17, 15) is 9.59 Å². The molecule has 0 aromatic heterocycles. The second kappa shape index (κ2) is 9.97. The maximum Gasteiger partial charge on any atom is 0.339 e. The Labute approximate surface area is 235 Å². The Kier molecular flexibility index (Phi) is 7.53. The van der Waals surface area contributed by atoms with Crippen LogP contribution in [0.1, 0.15) is 48.9 Å². The molecule has 1 heterocycles. The van der Waals surface area contributed by atoms with Gasteiger partial charge in [0.1, 0.15) is 12.2 Å². The summed E-state index contributed by atoms with van der Waals surface area (Å²) in [5.74, 6) is 0.527. The first-order chi connectivity index (χ1) is 15.8. The number of morpholine rings is 1. The van der Waals surface area contributed by atoms with Crippen LogP contribution in [0.2, 0.25) is 0 Å². The molecule has 2 unspecified atom stereocenters. The van der Waals surface area contributed by atoms with Crippen molar-refractivity contribution in [3.8, 4) is 0 Å². The van der Waals surface area contributed by atoms with Crippen LogP contribution in [0.25, 0.3) is 0 Å². The van der Waals surface area contributed by atoms with E-state index < -0.39 is 11.0 Å². The highest BCUT2D eigenvalue weighted by atomic mass is 127. The molecule has 2 atom stereocenters. The summed E-state index contributed by atoms with van der Waals surface area (Å²) in [5, 5.41) is 0. The highest BCUT2D eigenvalue weighted by Gasteiger charge is 2.63. The second-order valence-corrected chi connectivity index (χ2v) is 13.6. The van der Waals surface area contributed by atoms with Gasteiger partial charge in [-0.05, 0) is 124 Å². The molecule has 4 saturated carbocycles. The average molecular weight is 791 g/mol. The summed E-state index contributed by atoms with van der Waals surface area (Å²) in [5.41, 5.74) is -0.410. The van der Waals surface area contributed by atoms with Crippen LogP contribution in [-0.2, 0) is 19.0 Å². The molecule has 0 spiro atoms. The van der Waals surface area contributed by atoms with Crippen LogP contribution in [0.4, 0.5) is 0 Å². The molecule has 6 nitrogen and oxygen atoms in total. The fourth-order valence-electron chi connectivity index (χ4n) is 6.74. The van der Waals surface area contributed by atoms with E-state index in [1.165, 1.54) is 0 Å². The van der Waals surface area contributed by atoms with Gasteiger partial charge in [-0.1, -0.05) is 0 Å². The summed E-state index contributed by atoms with van der Waals surface area (Å²) < 4.78 is 20.6. The highest BCUT2D eigenvalue weighted by molar-refractivity contribution is 14.1. The molecule has 9 heteroatoms.